The summed E-state index contributed by atoms with van der Waals surface area (Å²) in [7, 11) is 0. The van der Waals surface area contributed by atoms with Crippen LogP contribution >= 0.6 is 0 Å². The Labute approximate surface area is 184 Å². The van der Waals surface area contributed by atoms with Crippen molar-refractivity contribution in [3.05, 3.63) is 35.4 Å². The smallest absolute Gasteiger partial charge is 0.303 e. The number of carbonyl (C=O) groups is 1. The summed E-state index contributed by atoms with van der Waals surface area (Å²) in [5, 5.41) is 12.6. The van der Waals surface area contributed by atoms with Gasteiger partial charge in [-0.15, -0.1) is 0 Å². The predicted molar refractivity (Wildman–Crippen MR) is 128 cm³/mol. The van der Waals surface area contributed by atoms with Crippen LogP contribution in [0.3, 0.4) is 0 Å². The van der Waals surface area contributed by atoms with Gasteiger partial charge in [-0.3, -0.25) is 4.79 Å². The molecule has 0 heterocycles. The molecule has 0 aromatic heterocycles. The van der Waals surface area contributed by atoms with E-state index in [1.165, 1.54) is 95.5 Å². The molecule has 0 bridgehead atoms. The van der Waals surface area contributed by atoms with Crippen LogP contribution in [-0.4, -0.2) is 16.8 Å². The lowest BCUT2D eigenvalue weighted by Crippen LogP contribution is -2.07. The molecule has 0 fully saturated rings. The number of aliphatic carboxylic acids is 1. The number of nitrogens with two attached hydrogens (primary N) is 1. The van der Waals surface area contributed by atoms with E-state index < -0.39 is 5.97 Å². The minimum Gasteiger partial charge on any atom is -0.481 e. The molecule has 30 heavy (non-hydrogen) atoms. The van der Waals surface area contributed by atoms with Crippen molar-refractivity contribution >= 4 is 11.7 Å². The first-order valence-electron chi connectivity index (χ1n) is 12.2. The largest absolute Gasteiger partial charge is 0.481 e. The van der Waals surface area contributed by atoms with Gasteiger partial charge < -0.3 is 10.9 Å². The number of unbranched alkanes of at least 4 members (excludes halogenated alkanes) is 13. The SMILES string of the molecule is CCCCCCCCCCCCCCCCc1ccc(C(CCC(=O)O)=NN)cc1. The van der Waals surface area contributed by atoms with Gasteiger partial charge in [0.1, 0.15) is 0 Å². The number of carboxylic acids is 1. The van der Waals surface area contributed by atoms with Crippen molar-refractivity contribution in [3.8, 4) is 0 Å². The molecule has 0 amide bonds. The van der Waals surface area contributed by atoms with Crippen molar-refractivity contribution < 1.29 is 9.90 Å². The van der Waals surface area contributed by atoms with E-state index in [9.17, 15) is 4.79 Å². The Kier molecular flexibility index (Phi) is 15.7. The van der Waals surface area contributed by atoms with E-state index >= 15 is 0 Å². The molecule has 0 saturated heterocycles. The quantitative estimate of drug-likeness (QED) is 0.108. The number of hydrogen-bond acceptors (Lipinski definition) is 3. The molecule has 0 saturated carbocycles. The summed E-state index contributed by atoms with van der Waals surface area (Å²) in [4.78, 5) is 10.7. The highest BCUT2D eigenvalue weighted by molar-refractivity contribution is 6.01. The van der Waals surface area contributed by atoms with Crippen LogP contribution in [0.5, 0.6) is 0 Å². The second-order valence-electron chi connectivity index (χ2n) is 8.51. The second kappa shape index (κ2) is 18.0. The van der Waals surface area contributed by atoms with Crippen molar-refractivity contribution in [1.82, 2.24) is 0 Å². The summed E-state index contributed by atoms with van der Waals surface area (Å²) in [6, 6.07) is 8.24. The Bertz CT molecular complexity index is 581. The summed E-state index contributed by atoms with van der Waals surface area (Å²) in [6.07, 6.45) is 20.9. The van der Waals surface area contributed by atoms with Gasteiger partial charge in [-0.2, -0.15) is 5.10 Å². The Morgan fingerprint density at radius 3 is 1.67 bits per heavy atom. The van der Waals surface area contributed by atoms with E-state index in [0.717, 1.165) is 12.0 Å². The molecular formula is C26H44N2O2. The molecule has 170 valence electrons. The fourth-order valence-electron chi connectivity index (χ4n) is 3.90. The summed E-state index contributed by atoms with van der Waals surface area (Å²) in [5.74, 6) is 4.59. The van der Waals surface area contributed by atoms with Crippen LogP contribution in [0.25, 0.3) is 0 Å². The molecule has 0 unspecified atom stereocenters. The molecule has 1 aromatic rings. The van der Waals surface area contributed by atoms with Crippen LogP contribution in [0.2, 0.25) is 0 Å². The van der Waals surface area contributed by atoms with Crippen LogP contribution in [0.15, 0.2) is 29.4 Å². The minimum absolute atomic E-state index is 0.0524. The van der Waals surface area contributed by atoms with Crippen LogP contribution in [0, 0.1) is 0 Å². The number of hydrazone groups is 1. The first-order chi connectivity index (χ1) is 14.7. The molecule has 1 rings (SSSR count). The normalized spacial score (nSPS) is 11.7. The fraction of sp³-hybridized carbons (Fsp3) is 0.692. The average molecular weight is 417 g/mol. The predicted octanol–water partition coefficient (Wildman–Crippen LogP) is 7.24. The molecule has 0 atom stereocenters. The lowest BCUT2D eigenvalue weighted by Gasteiger charge is -2.06. The molecule has 3 N–H and O–H groups in total. The van der Waals surface area contributed by atoms with Crippen molar-refractivity contribution in [2.24, 2.45) is 10.9 Å². The second-order valence-corrected chi connectivity index (χ2v) is 8.51. The van der Waals surface area contributed by atoms with E-state index in [1.54, 1.807) is 0 Å². The molecule has 1 aromatic carbocycles. The highest BCUT2D eigenvalue weighted by Crippen LogP contribution is 2.15. The molecular weight excluding hydrogens is 372 g/mol. The Morgan fingerprint density at radius 2 is 1.23 bits per heavy atom. The highest BCUT2D eigenvalue weighted by atomic mass is 16.4. The standard InChI is InChI=1S/C26H44N2O2/c1-2-3-4-5-6-7-8-9-10-11-12-13-14-15-16-23-17-19-24(20-18-23)25(28-27)21-22-26(29)30/h17-20H,2-16,21-22,27H2,1H3,(H,29,30). The third-order valence-corrected chi connectivity index (χ3v) is 5.84. The van der Waals surface area contributed by atoms with Crippen LogP contribution < -0.4 is 5.84 Å². The Morgan fingerprint density at radius 1 is 0.767 bits per heavy atom. The monoisotopic (exact) mass is 416 g/mol. The maximum atomic E-state index is 10.7. The molecule has 0 radical (unpaired) electrons. The molecule has 0 spiro atoms. The lowest BCUT2D eigenvalue weighted by atomic mass is 10.0. The van der Waals surface area contributed by atoms with E-state index in [4.69, 9.17) is 10.9 Å². The van der Waals surface area contributed by atoms with Gasteiger partial charge >= 0.3 is 5.97 Å². The summed E-state index contributed by atoms with van der Waals surface area (Å²) in [6.45, 7) is 2.28. The van der Waals surface area contributed by atoms with Gasteiger partial charge in [0.2, 0.25) is 0 Å². The number of carboxylic acid groups (broad SMARTS) is 1. The van der Waals surface area contributed by atoms with Gasteiger partial charge in [-0.1, -0.05) is 115 Å². The van der Waals surface area contributed by atoms with Gasteiger partial charge in [-0.05, 0) is 24.0 Å². The van der Waals surface area contributed by atoms with E-state index in [1.807, 2.05) is 12.1 Å². The minimum atomic E-state index is -0.828. The number of benzene rings is 1. The molecule has 0 aliphatic rings. The van der Waals surface area contributed by atoms with Gasteiger partial charge in [0, 0.05) is 6.42 Å². The first kappa shape index (κ1) is 26.2. The van der Waals surface area contributed by atoms with Gasteiger partial charge in [-0.25, -0.2) is 0 Å². The Balaban J connectivity index is 2.02. The van der Waals surface area contributed by atoms with Crippen molar-refractivity contribution in [2.45, 2.75) is 116 Å². The zero-order valence-corrected chi connectivity index (χ0v) is 19.2. The Hall–Kier alpha value is -1.84. The first-order valence-corrected chi connectivity index (χ1v) is 12.2. The molecule has 4 heteroatoms. The maximum absolute atomic E-state index is 10.7. The third kappa shape index (κ3) is 13.4. The zero-order chi connectivity index (χ0) is 21.9. The van der Waals surface area contributed by atoms with Crippen LogP contribution in [0.1, 0.15) is 121 Å². The molecule has 4 nitrogen and oxygen atoms in total. The van der Waals surface area contributed by atoms with Crippen LogP contribution in [-0.2, 0) is 11.2 Å². The van der Waals surface area contributed by atoms with Crippen molar-refractivity contribution in [3.63, 3.8) is 0 Å². The topological polar surface area (TPSA) is 75.7 Å². The van der Waals surface area contributed by atoms with E-state index in [2.05, 4.69) is 24.2 Å². The third-order valence-electron chi connectivity index (χ3n) is 5.84. The summed E-state index contributed by atoms with van der Waals surface area (Å²) in [5.41, 5.74) is 2.90. The summed E-state index contributed by atoms with van der Waals surface area (Å²) >= 11 is 0. The number of aryl methyl sites for hydroxylation is 1. The van der Waals surface area contributed by atoms with Gasteiger partial charge in [0.25, 0.3) is 0 Å². The van der Waals surface area contributed by atoms with E-state index in [-0.39, 0.29) is 6.42 Å². The average Bonchev–Trinajstić information content (AvgIpc) is 2.75. The van der Waals surface area contributed by atoms with E-state index in [0.29, 0.717) is 12.1 Å². The van der Waals surface area contributed by atoms with Crippen molar-refractivity contribution in [1.29, 1.82) is 0 Å². The molecule has 0 aliphatic carbocycles. The summed E-state index contributed by atoms with van der Waals surface area (Å²) < 4.78 is 0. The zero-order valence-electron chi connectivity index (χ0n) is 19.2. The van der Waals surface area contributed by atoms with Crippen molar-refractivity contribution in [2.75, 3.05) is 0 Å². The molecule has 0 aliphatic heterocycles. The number of hydrogen-bond donors (Lipinski definition) is 2. The van der Waals surface area contributed by atoms with Crippen LogP contribution in [0.4, 0.5) is 0 Å². The van der Waals surface area contributed by atoms with Gasteiger partial charge in [0.15, 0.2) is 0 Å². The lowest BCUT2D eigenvalue weighted by molar-refractivity contribution is -0.136. The van der Waals surface area contributed by atoms with Gasteiger partial charge in [0.05, 0.1) is 12.1 Å². The highest BCUT2D eigenvalue weighted by Gasteiger charge is 2.07. The maximum Gasteiger partial charge on any atom is 0.303 e. The number of nitrogens with zero attached hydrogens (tertiary/aromatic N) is 1. The fourth-order valence-corrected chi connectivity index (χ4v) is 3.90. The number of rotatable bonds is 19.